The maximum Gasteiger partial charge on any atom is 0.700 e. The van der Waals surface area contributed by atoms with Crippen molar-refractivity contribution in [3.63, 3.8) is 0 Å². The zero-order chi connectivity index (χ0) is 9.52. The van der Waals surface area contributed by atoms with Gasteiger partial charge in [0, 0.05) is 4.57 Å². The standard InChI is InChI=1S/C7H12O5P/c1-2-3-9-4-5-10-7-6-11-13(8)12-7/h2,7H,1,3-6H2/q+1. The smallest absolute Gasteiger partial charge is 0.375 e. The van der Waals surface area contributed by atoms with E-state index in [4.69, 9.17) is 14.0 Å². The molecule has 0 radical (unpaired) electrons. The predicted molar refractivity (Wildman–Crippen MR) is 45.4 cm³/mol. The maximum absolute atomic E-state index is 10.6. The van der Waals surface area contributed by atoms with E-state index in [9.17, 15) is 4.57 Å². The fourth-order valence-electron chi connectivity index (χ4n) is 0.762. The highest BCUT2D eigenvalue weighted by atomic mass is 31.1. The van der Waals surface area contributed by atoms with Crippen molar-refractivity contribution in [1.29, 1.82) is 0 Å². The summed E-state index contributed by atoms with van der Waals surface area (Å²) in [5.74, 6) is 0. The molecule has 1 saturated heterocycles. The molecule has 0 N–H and O–H groups in total. The van der Waals surface area contributed by atoms with Crippen LogP contribution in [0, 0.1) is 0 Å². The van der Waals surface area contributed by atoms with Gasteiger partial charge in [0.05, 0.1) is 19.8 Å². The summed E-state index contributed by atoms with van der Waals surface area (Å²) >= 11 is 0. The number of rotatable bonds is 6. The van der Waals surface area contributed by atoms with Gasteiger partial charge in [-0.2, -0.15) is 0 Å². The lowest BCUT2D eigenvalue weighted by atomic mass is 10.6. The highest BCUT2D eigenvalue weighted by Gasteiger charge is 2.38. The van der Waals surface area contributed by atoms with Crippen LogP contribution < -0.4 is 0 Å². The molecule has 0 aromatic rings. The molecule has 5 nitrogen and oxygen atoms in total. The molecule has 1 aliphatic rings. The van der Waals surface area contributed by atoms with Gasteiger partial charge in [-0.05, 0) is 0 Å². The second-order valence-corrected chi connectivity index (χ2v) is 3.20. The third-order valence-electron chi connectivity index (χ3n) is 1.29. The molecule has 6 heteroatoms. The molecule has 0 aliphatic carbocycles. The van der Waals surface area contributed by atoms with Crippen molar-refractivity contribution < 1.29 is 23.1 Å². The van der Waals surface area contributed by atoms with E-state index in [0.29, 0.717) is 19.8 Å². The van der Waals surface area contributed by atoms with Gasteiger partial charge in [-0.25, -0.2) is 0 Å². The van der Waals surface area contributed by atoms with Gasteiger partial charge in [-0.3, -0.25) is 0 Å². The van der Waals surface area contributed by atoms with Crippen LogP contribution in [0.5, 0.6) is 0 Å². The summed E-state index contributed by atoms with van der Waals surface area (Å²) in [7, 11) is -1.96. The summed E-state index contributed by atoms with van der Waals surface area (Å²) in [6.07, 6.45) is 1.14. The van der Waals surface area contributed by atoms with Crippen molar-refractivity contribution in [2.45, 2.75) is 6.29 Å². The van der Waals surface area contributed by atoms with Crippen LogP contribution in [0.15, 0.2) is 12.7 Å². The second kappa shape index (κ2) is 6.18. The summed E-state index contributed by atoms with van der Waals surface area (Å²) < 4.78 is 30.2. The first-order chi connectivity index (χ1) is 6.33. The van der Waals surface area contributed by atoms with Crippen LogP contribution in [0.2, 0.25) is 0 Å². The molecule has 2 atom stereocenters. The first-order valence-corrected chi connectivity index (χ1v) is 4.99. The Morgan fingerprint density at radius 2 is 2.46 bits per heavy atom. The molecule has 1 aliphatic heterocycles. The molecule has 0 aromatic heterocycles. The average Bonchev–Trinajstić information content (AvgIpc) is 2.51. The Kier molecular flexibility index (Phi) is 5.12. The minimum atomic E-state index is -1.96. The van der Waals surface area contributed by atoms with Gasteiger partial charge in [0.15, 0.2) is 6.61 Å². The molecular formula is C7H12O5P+. The van der Waals surface area contributed by atoms with E-state index in [0.717, 1.165) is 0 Å². The lowest BCUT2D eigenvalue weighted by Gasteiger charge is -2.04. The van der Waals surface area contributed by atoms with Gasteiger partial charge in [0.25, 0.3) is 0 Å². The van der Waals surface area contributed by atoms with Crippen molar-refractivity contribution in [3.8, 4) is 0 Å². The summed E-state index contributed by atoms with van der Waals surface area (Å²) in [6.45, 7) is 5.07. The van der Waals surface area contributed by atoms with Crippen LogP contribution in [0.4, 0.5) is 0 Å². The molecule has 0 amide bonds. The van der Waals surface area contributed by atoms with Crippen LogP contribution in [-0.2, 0) is 23.1 Å². The van der Waals surface area contributed by atoms with E-state index < -0.39 is 14.5 Å². The Bertz CT molecular complexity index is 184. The third-order valence-corrected chi connectivity index (χ3v) is 2.05. The monoisotopic (exact) mass is 207 g/mol. The second-order valence-electron chi connectivity index (χ2n) is 2.29. The van der Waals surface area contributed by atoms with Gasteiger partial charge in [0.2, 0.25) is 6.29 Å². The first-order valence-electron chi connectivity index (χ1n) is 3.90. The zero-order valence-electron chi connectivity index (χ0n) is 7.18. The van der Waals surface area contributed by atoms with Gasteiger partial charge >= 0.3 is 8.25 Å². The van der Waals surface area contributed by atoms with Crippen LogP contribution >= 0.6 is 8.25 Å². The maximum atomic E-state index is 10.6. The van der Waals surface area contributed by atoms with E-state index in [2.05, 4.69) is 11.1 Å². The molecule has 13 heavy (non-hydrogen) atoms. The molecular weight excluding hydrogens is 195 g/mol. The topological polar surface area (TPSA) is 54.0 Å². The molecule has 1 rings (SSSR count). The summed E-state index contributed by atoms with van der Waals surface area (Å²) in [5.41, 5.74) is 0. The molecule has 1 heterocycles. The minimum Gasteiger partial charge on any atom is -0.375 e. The molecule has 0 spiro atoms. The minimum absolute atomic E-state index is 0.219. The number of hydrogen-bond donors (Lipinski definition) is 0. The summed E-state index contributed by atoms with van der Waals surface area (Å²) in [5, 5.41) is 0. The Balaban J connectivity index is 1.94. The first kappa shape index (κ1) is 10.8. The Labute approximate surface area is 77.6 Å². The van der Waals surface area contributed by atoms with Crippen LogP contribution in [-0.4, -0.2) is 32.7 Å². The highest BCUT2D eigenvalue weighted by Crippen LogP contribution is 2.33. The predicted octanol–water partition coefficient (Wildman–Crippen LogP) is 1.24. The van der Waals surface area contributed by atoms with Crippen molar-refractivity contribution in [1.82, 2.24) is 0 Å². The zero-order valence-corrected chi connectivity index (χ0v) is 8.07. The van der Waals surface area contributed by atoms with Crippen molar-refractivity contribution in [2.24, 2.45) is 0 Å². The number of hydrogen-bond acceptors (Lipinski definition) is 5. The van der Waals surface area contributed by atoms with Crippen molar-refractivity contribution in [3.05, 3.63) is 12.7 Å². The normalized spacial score (nSPS) is 24.9. The van der Waals surface area contributed by atoms with Crippen LogP contribution in [0.25, 0.3) is 0 Å². The van der Waals surface area contributed by atoms with Crippen LogP contribution in [0.1, 0.15) is 0 Å². The van der Waals surface area contributed by atoms with E-state index in [1.165, 1.54) is 0 Å². The van der Waals surface area contributed by atoms with E-state index in [1.807, 2.05) is 0 Å². The fraction of sp³-hybridized carbons (Fsp3) is 0.714. The highest BCUT2D eigenvalue weighted by molar-refractivity contribution is 7.33. The van der Waals surface area contributed by atoms with Gasteiger partial charge in [-0.15, -0.1) is 11.1 Å². The molecule has 74 valence electrons. The van der Waals surface area contributed by atoms with Crippen molar-refractivity contribution in [2.75, 3.05) is 26.4 Å². The number of ether oxygens (including phenoxy) is 2. The molecule has 1 fully saturated rings. The quantitative estimate of drug-likeness (QED) is 0.372. The van der Waals surface area contributed by atoms with E-state index in [-0.39, 0.29) is 6.61 Å². The summed E-state index contributed by atoms with van der Waals surface area (Å²) in [4.78, 5) is 0. The van der Waals surface area contributed by atoms with Crippen LogP contribution in [0.3, 0.4) is 0 Å². The molecule has 0 aromatic carbocycles. The SMILES string of the molecule is C=CCOCCOC1CO[P+](=O)O1. The average molecular weight is 207 g/mol. The Hall–Kier alpha value is -0.320. The van der Waals surface area contributed by atoms with Gasteiger partial charge < -0.3 is 9.47 Å². The molecule has 0 saturated carbocycles. The molecule has 2 unspecified atom stereocenters. The fourth-order valence-corrected chi connectivity index (χ4v) is 1.38. The largest absolute Gasteiger partial charge is 0.700 e. The van der Waals surface area contributed by atoms with Crippen molar-refractivity contribution >= 4 is 8.25 Å². The van der Waals surface area contributed by atoms with E-state index in [1.54, 1.807) is 6.08 Å². The lowest BCUT2D eigenvalue weighted by Crippen LogP contribution is -2.17. The Morgan fingerprint density at radius 3 is 3.08 bits per heavy atom. The Morgan fingerprint density at radius 1 is 1.62 bits per heavy atom. The third kappa shape index (κ3) is 4.45. The van der Waals surface area contributed by atoms with E-state index >= 15 is 0 Å². The van der Waals surface area contributed by atoms with Gasteiger partial charge in [0.1, 0.15) is 0 Å². The molecule has 0 bridgehead atoms. The van der Waals surface area contributed by atoms with Gasteiger partial charge in [-0.1, -0.05) is 10.6 Å². The summed E-state index contributed by atoms with van der Waals surface area (Å²) in [6, 6.07) is 0. The lowest BCUT2D eigenvalue weighted by molar-refractivity contribution is -0.0812.